The highest BCUT2D eigenvalue weighted by Gasteiger charge is 2.21. The summed E-state index contributed by atoms with van der Waals surface area (Å²) in [6, 6.07) is 0.734. The fourth-order valence-corrected chi connectivity index (χ4v) is 2.95. The van der Waals surface area contributed by atoms with Crippen molar-refractivity contribution in [2.45, 2.75) is 66.0 Å². The molecule has 0 aliphatic carbocycles. The van der Waals surface area contributed by atoms with E-state index in [1.165, 1.54) is 45.6 Å². The van der Waals surface area contributed by atoms with Gasteiger partial charge in [0.25, 0.3) is 0 Å². The quantitative estimate of drug-likeness (QED) is 0.725. The number of hydrogen-bond acceptors (Lipinski definition) is 3. The van der Waals surface area contributed by atoms with E-state index in [9.17, 15) is 0 Å². The van der Waals surface area contributed by atoms with E-state index in [1.807, 2.05) is 0 Å². The zero-order chi connectivity index (χ0) is 15.2. The molecule has 1 unspecified atom stereocenters. The van der Waals surface area contributed by atoms with Gasteiger partial charge in [-0.1, -0.05) is 13.8 Å². The Balaban J connectivity index is 2.14. The van der Waals surface area contributed by atoms with Crippen molar-refractivity contribution in [1.82, 2.24) is 15.1 Å². The Bertz CT molecular complexity index is 249. The summed E-state index contributed by atoms with van der Waals surface area (Å²) in [4.78, 5) is 5.29. The van der Waals surface area contributed by atoms with Gasteiger partial charge in [-0.25, -0.2) is 0 Å². The minimum absolute atomic E-state index is 0.256. The Morgan fingerprint density at radius 1 is 1.00 bits per heavy atom. The second-order valence-corrected chi connectivity index (χ2v) is 7.90. The van der Waals surface area contributed by atoms with Crippen LogP contribution in [0, 0.1) is 5.92 Å². The summed E-state index contributed by atoms with van der Waals surface area (Å²) < 4.78 is 0. The second kappa shape index (κ2) is 8.35. The Morgan fingerprint density at radius 3 is 2.10 bits per heavy atom. The first-order chi connectivity index (χ1) is 9.28. The van der Waals surface area contributed by atoms with Gasteiger partial charge in [0.05, 0.1) is 0 Å². The molecule has 1 N–H and O–H groups in total. The van der Waals surface area contributed by atoms with Crippen LogP contribution in [0.1, 0.15) is 54.4 Å². The van der Waals surface area contributed by atoms with Crippen LogP contribution in [0.2, 0.25) is 0 Å². The van der Waals surface area contributed by atoms with Crippen molar-refractivity contribution < 1.29 is 0 Å². The van der Waals surface area contributed by atoms with Crippen molar-refractivity contribution in [2.24, 2.45) is 5.92 Å². The molecule has 0 spiro atoms. The second-order valence-electron chi connectivity index (χ2n) is 7.90. The van der Waals surface area contributed by atoms with Gasteiger partial charge in [0.1, 0.15) is 0 Å². The lowest BCUT2D eigenvalue weighted by molar-refractivity contribution is 0.0907. The maximum atomic E-state index is 3.58. The standard InChI is InChI=1S/C17H37N3/c1-15(2)14-19-10-12-20(13-11-19)16(3)8-7-9-18-17(4,5)6/h15-16,18H,7-14H2,1-6H3. The minimum atomic E-state index is 0.256. The molecule has 0 saturated carbocycles. The molecule has 0 aromatic heterocycles. The number of hydrogen-bond donors (Lipinski definition) is 1. The average Bonchev–Trinajstić information content (AvgIpc) is 2.33. The third-order valence-corrected chi connectivity index (χ3v) is 4.11. The van der Waals surface area contributed by atoms with Gasteiger partial charge in [0.15, 0.2) is 0 Å². The van der Waals surface area contributed by atoms with E-state index in [0.717, 1.165) is 18.5 Å². The summed E-state index contributed by atoms with van der Waals surface area (Å²) >= 11 is 0. The third kappa shape index (κ3) is 7.61. The number of nitrogens with one attached hydrogen (secondary N) is 1. The molecular weight excluding hydrogens is 246 g/mol. The van der Waals surface area contributed by atoms with Gasteiger partial charge in [0, 0.05) is 44.3 Å². The monoisotopic (exact) mass is 283 g/mol. The van der Waals surface area contributed by atoms with Crippen LogP contribution >= 0.6 is 0 Å². The van der Waals surface area contributed by atoms with Gasteiger partial charge in [0.2, 0.25) is 0 Å². The van der Waals surface area contributed by atoms with E-state index in [0.29, 0.717) is 0 Å². The van der Waals surface area contributed by atoms with Crippen LogP contribution in [-0.4, -0.2) is 60.6 Å². The van der Waals surface area contributed by atoms with Crippen molar-refractivity contribution in [3.05, 3.63) is 0 Å². The van der Waals surface area contributed by atoms with E-state index in [1.54, 1.807) is 0 Å². The summed E-state index contributed by atoms with van der Waals surface area (Å²) in [5.74, 6) is 0.794. The van der Waals surface area contributed by atoms with Gasteiger partial charge < -0.3 is 10.2 Å². The summed E-state index contributed by atoms with van der Waals surface area (Å²) in [6.45, 7) is 21.2. The predicted molar refractivity (Wildman–Crippen MR) is 89.3 cm³/mol. The Labute approximate surface area is 127 Å². The third-order valence-electron chi connectivity index (χ3n) is 4.11. The molecule has 1 aliphatic heterocycles. The SMILES string of the molecule is CC(C)CN1CCN(C(C)CCCNC(C)(C)C)CC1. The summed E-state index contributed by atoms with van der Waals surface area (Å²) in [6.07, 6.45) is 2.60. The first kappa shape index (κ1) is 17.9. The average molecular weight is 284 g/mol. The van der Waals surface area contributed by atoms with Crippen LogP contribution in [0.25, 0.3) is 0 Å². The van der Waals surface area contributed by atoms with Gasteiger partial charge >= 0.3 is 0 Å². The molecule has 0 amide bonds. The fraction of sp³-hybridized carbons (Fsp3) is 1.00. The highest BCUT2D eigenvalue weighted by atomic mass is 15.3. The molecule has 1 heterocycles. The van der Waals surface area contributed by atoms with Crippen LogP contribution < -0.4 is 5.32 Å². The van der Waals surface area contributed by atoms with E-state index in [4.69, 9.17) is 0 Å². The zero-order valence-electron chi connectivity index (χ0n) is 14.7. The van der Waals surface area contributed by atoms with E-state index < -0.39 is 0 Å². The van der Waals surface area contributed by atoms with Crippen molar-refractivity contribution in [3.63, 3.8) is 0 Å². The molecular formula is C17H37N3. The molecule has 1 rings (SSSR count). The Hall–Kier alpha value is -0.120. The number of nitrogens with zero attached hydrogens (tertiary/aromatic N) is 2. The molecule has 3 nitrogen and oxygen atoms in total. The van der Waals surface area contributed by atoms with Crippen LogP contribution in [0.5, 0.6) is 0 Å². The maximum Gasteiger partial charge on any atom is 0.0113 e. The van der Waals surface area contributed by atoms with E-state index in [-0.39, 0.29) is 5.54 Å². The fourth-order valence-electron chi connectivity index (χ4n) is 2.95. The van der Waals surface area contributed by atoms with Gasteiger partial charge in [-0.2, -0.15) is 0 Å². The lowest BCUT2D eigenvalue weighted by Gasteiger charge is -2.38. The van der Waals surface area contributed by atoms with Crippen molar-refractivity contribution in [2.75, 3.05) is 39.3 Å². The van der Waals surface area contributed by atoms with Crippen LogP contribution in [0.15, 0.2) is 0 Å². The zero-order valence-corrected chi connectivity index (χ0v) is 14.7. The van der Waals surface area contributed by atoms with Crippen LogP contribution in [0.3, 0.4) is 0 Å². The normalized spacial score (nSPS) is 20.6. The van der Waals surface area contributed by atoms with Crippen molar-refractivity contribution in [1.29, 1.82) is 0 Å². The summed E-state index contributed by atoms with van der Waals surface area (Å²) in [5.41, 5.74) is 0.256. The first-order valence-corrected chi connectivity index (χ1v) is 8.49. The van der Waals surface area contributed by atoms with Crippen LogP contribution in [0.4, 0.5) is 0 Å². The molecule has 20 heavy (non-hydrogen) atoms. The molecule has 0 aromatic rings. The van der Waals surface area contributed by atoms with E-state index >= 15 is 0 Å². The predicted octanol–water partition coefficient (Wildman–Crippen LogP) is 2.82. The molecule has 3 heteroatoms. The number of piperazine rings is 1. The molecule has 1 saturated heterocycles. The van der Waals surface area contributed by atoms with E-state index in [2.05, 4.69) is 56.7 Å². The minimum Gasteiger partial charge on any atom is -0.312 e. The summed E-state index contributed by atoms with van der Waals surface area (Å²) in [5, 5.41) is 3.58. The summed E-state index contributed by atoms with van der Waals surface area (Å²) in [7, 11) is 0. The largest absolute Gasteiger partial charge is 0.312 e. The molecule has 1 aliphatic rings. The highest BCUT2D eigenvalue weighted by Crippen LogP contribution is 2.12. The first-order valence-electron chi connectivity index (χ1n) is 8.49. The maximum absolute atomic E-state index is 3.58. The Kier molecular flexibility index (Phi) is 7.49. The highest BCUT2D eigenvalue weighted by molar-refractivity contribution is 4.77. The molecule has 0 aromatic carbocycles. The lowest BCUT2D eigenvalue weighted by atomic mass is 10.1. The van der Waals surface area contributed by atoms with Gasteiger partial charge in [-0.3, -0.25) is 4.90 Å². The molecule has 1 fully saturated rings. The molecule has 0 bridgehead atoms. The molecule has 1 atom stereocenters. The Morgan fingerprint density at radius 2 is 1.60 bits per heavy atom. The lowest BCUT2D eigenvalue weighted by Crippen LogP contribution is -2.50. The van der Waals surface area contributed by atoms with Crippen molar-refractivity contribution in [3.8, 4) is 0 Å². The van der Waals surface area contributed by atoms with Crippen molar-refractivity contribution >= 4 is 0 Å². The van der Waals surface area contributed by atoms with Gasteiger partial charge in [-0.05, 0) is 53.0 Å². The number of rotatable bonds is 7. The topological polar surface area (TPSA) is 18.5 Å². The smallest absolute Gasteiger partial charge is 0.0113 e. The molecule has 120 valence electrons. The van der Waals surface area contributed by atoms with Crippen LogP contribution in [-0.2, 0) is 0 Å². The van der Waals surface area contributed by atoms with Gasteiger partial charge in [-0.15, -0.1) is 0 Å². The molecule has 0 radical (unpaired) electrons.